The molecule has 0 aromatic heterocycles. The predicted octanol–water partition coefficient (Wildman–Crippen LogP) is 4.76. The van der Waals surface area contributed by atoms with Crippen LogP contribution in [0.15, 0.2) is 30.8 Å². The third-order valence-corrected chi connectivity index (χ3v) is 9.74. The van der Waals surface area contributed by atoms with E-state index in [1.807, 2.05) is 12.1 Å². The normalized spacial score (nSPS) is 11.3. The molecule has 0 amide bonds. The molecule has 0 aliphatic carbocycles. The van der Waals surface area contributed by atoms with Crippen LogP contribution in [0.5, 0.6) is 5.75 Å². The van der Waals surface area contributed by atoms with Gasteiger partial charge in [-0.15, -0.1) is 0 Å². The van der Waals surface area contributed by atoms with Gasteiger partial charge in [-0.3, -0.25) is 0 Å². The number of hydrogen-bond donors (Lipinski definition) is 0. The molecule has 0 saturated heterocycles. The van der Waals surface area contributed by atoms with Crippen molar-refractivity contribution in [3.8, 4) is 5.75 Å². The van der Waals surface area contributed by atoms with Crippen molar-refractivity contribution in [2.24, 2.45) is 0 Å². The summed E-state index contributed by atoms with van der Waals surface area (Å²) in [5.74, 6) is 0.915. The molecule has 1 rings (SSSR count). The van der Waals surface area contributed by atoms with E-state index in [-0.39, 0.29) is 0 Å². The van der Waals surface area contributed by atoms with Gasteiger partial charge < -0.3 is 4.74 Å². The molecular formula is C15H24OSi. The van der Waals surface area contributed by atoms with E-state index < -0.39 is 8.07 Å². The van der Waals surface area contributed by atoms with E-state index in [0.29, 0.717) is 0 Å². The van der Waals surface area contributed by atoms with Crippen molar-refractivity contribution in [2.75, 3.05) is 7.11 Å². The zero-order valence-corrected chi connectivity index (χ0v) is 12.5. The van der Waals surface area contributed by atoms with Crippen LogP contribution in [0.2, 0.25) is 18.1 Å². The minimum absolute atomic E-state index is 0.915. The third-order valence-electron chi connectivity index (χ3n) is 4.11. The van der Waals surface area contributed by atoms with Gasteiger partial charge in [-0.2, -0.15) is 0 Å². The Hall–Kier alpha value is -1.02. The van der Waals surface area contributed by atoms with Gasteiger partial charge in [0.05, 0.1) is 15.2 Å². The summed E-state index contributed by atoms with van der Waals surface area (Å²) in [5, 5.41) is 1.40. The Kier molecular flexibility index (Phi) is 5.00. The molecule has 0 atom stereocenters. The number of methoxy groups -OCH3 is 1. The van der Waals surface area contributed by atoms with Crippen molar-refractivity contribution in [2.45, 2.75) is 38.9 Å². The lowest BCUT2D eigenvalue weighted by Crippen LogP contribution is -2.33. The highest BCUT2D eigenvalue weighted by atomic mass is 28.3. The Balaban J connectivity index is 3.01. The average molecular weight is 248 g/mol. The molecule has 2 heteroatoms. The second kappa shape index (κ2) is 6.06. The highest BCUT2D eigenvalue weighted by Gasteiger charge is 2.30. The van der Waals surface area contributed by atoms with E-state index in [4.69, 9.17) is 4.74 Å². The van der Waals surface area contributed by atoms with Crippen molar-refractivity contribution >= 4 is 13.3 Å². The SMILES string of the molecule is C=C(c1ccc(OC)cc1)[Si](CC)(CC)CC. The molecule has 0 spiro atoms. The first kappa shape index (κ1) is 14.0. The van der Waals surface area contributed by atoms with Gasteiger partial charge in [0.1, 0.15) is 5.75 Å². The fourth-order valence-corrected chi connectivity index (χ4v) is 6.05. The molecular weight excluding hydrogens is 224 g/mol. The van der Waals surface area contributed by atoms with Gasteiger partial charge >= 0.3 is 0 Å². The number of benzene rings is 1. The number of hydrogen-bond acceptors (Lipinski definition) is 1. The second-order valence-corrected chi connectivity index (χ2v) is 9.83. The van der Waals surface area contributed by atoms with Gasteiger partial charge in [-0.1, -0.05) is 62.8 Å². The summed E-state index contributed by atoms with van der Waals surface area (Å²) in [4.78, 5) is 0. The minimum atomic E-state index is -1.32. The molecule has 0 unspecified atom stereocenters. The fraction of sp³-hybridized carbons (Fsp3) is 0.467. The Morgan fingerprint density at radius 3 is 1.88 bits per heavy atom. The standard InChI is InChI=1S/C15H24OSi/c1-6-17(7-2,8-3)13(4)14-9-11-15(16-5)12-10-14/h9-12H,4,6-8H2,1-3,5H3. The third kappa shape index (κ3) is 2.81. The Labute approximate surface area is 107 Å². The lowest BCUT2D eigenvalue weighted by molar-refractivity contribution is 0.415. The monoisotopic (exact) mass is 248 g/mol. The van der Waals surface area contributed by atoms with Crippen molar-refractivity contribution < 1.29 is 4.74 Å². The average Bonchev–Trinajstić information content (AvgIpc) is 2.41. The zero-order valence-electron chi connectivity index (χ0n) is 11.5. The molecule has 0 fully saturated rings. The molecule has 94 valence electrons. The van der Waals surface area contributed by atoms with E-state index in [2.05, 4.69) is 39.5 Å². The van der Waals surface area contributed by atoms with Crippen molar-refractivity contribution in [1.29, 1.82) is 0 Å². The largest absolute Gasteiger partial charge is 0.497 e. The van der Waals surface area contributed by atoms with Crippen LogP contribution in [0.3, 0.4) is 0 Å². The second-order valence-electron chi connectivity index (χ2n) is 4.55. The zero-order chi connectivity index (χ0) is 12.9. The van der Waals surface area contributed by atoms with Crippen molar-refractivity contribution in [1.82, 2.24) is 0 Å². The molecule has 0 heterocycles. The molecule has 17 heavy (non-hydrogen) atoms. The maximum absolute atomic E-state index is 5.20. The molecule has 1 aromatic rings. The van der Waals surface area contributed by atoms with Gasteiger partial charge in [-0.25, -0.2) is 0 Å². The van der Waals surface area contributed by atoms with E-state index in [9.17, 15) is 0 Å². The van der Waals surface area contributed by atoms with Gasteiger partial charge in [0.25, 0.3) is 0 Å². The quantitative estimate of drug-likeness (QED) is 0.660. The molecule has 0 N–H and O–H groups in total. The van der Waals surface area contributed by atoms with Crippen LogP contribution in [0.1, 0.15) is 26.3 Å². The van der Waals surface area contributed by atoms with E-state index in [1.54, 1.807) is 7.11 Å². The van der Waals surface area contributed by atoms with Crippen LogP contribution in [0.4, 0.5) is 0 Å². The molecule has 0 aliphatic heterocycles. The van der Waals surface area contributed by atoms with Crippen LogP contribution in [-0.4, -0.2) is 15.2 Å². The van der Waals surface area contributed by atoms with Crippen LogP contribution in [-0.2, 0) is 0 Å². The van der Waals surface area contributed by atoms with Gasteiger partial charge in [0.15, 0.2) is 0 Å². The van der Waals surface area contributed by atoms with E-state index in [0.717, 1.165) is 5.75 Å². The Bertz CT molecular complexity index is 355. The predicted molar refractivity (Wildman–Crippen MR) is 79.2 cm³/mol. The molecule has 0 radical (unpaired) electrons. The van der Waals surface area contributed by atoms with Crippen molar-refractivity contribution in [3.05, 3.63) is 36.4 Å². The van der Waals surface area contributed by atoms with Gasteiger partial charge in [0, 0.05) is 0 Å². The highest BCUT2D eigenvalue weighted by molar-refractivity contribution is 6.96. The van der Waals surface area contributed by atoms with Gasteiger partial charge in [-0.05, 0) is 17.7 Å². The highest BCUT2D eigenvalue weighted by Crippen LogP contribution is 2.34. The summed E-state index contributed by atoms with van der Waals surface area (Å²) in [6, 6.07) is 12.2. The lowest BCUT2D eigenvalue weighted by atomic mass is 10.2. The van der Waals surface area contributed by atoms with E-state index in [1.165, 1.54) is 28.9 Å². The van der Waals surface area contributed by atoms with Crippen LogP contribution in [0, 0.1) is 0 Å². The smallest absolute Gasteiger partial charge is 0.118 e. The summed E-state index contributed by atoms with van der Waals surface area (Å²) in [6.45, 7) is 11.3. The maximum Gasteiger partial charge on any atom is 0.118 e. The first-order valence-electron chi connectivity index (χ1n) is 6.47. The number of ether oxygens (including phenoxy) is 1. The molecule has 0 saturated carbocycles. The molecule has 1 nitrogen and oxygen atoms in total. The molecule has 1 aromatic carbocycles. The summed E-state index contributed by atoms with van der Waals surface area (Å²) in [6.07, 6.45) is 0. The van der Waals surface area contributed by atoms with E-state index >= 15 is 0 Å². The lowest BCUT2D eigenvalue weighted by Gasteiger charge is -2.30. The van der Waals surface area contributed by atoms with Crippen LogP contribution < -0.4 is 4.74 Å². The van der Waals surface area contributed by atoms with Crippen LogP contribution >= 0.6 is 0 Å². The maximum atomic E-state index is 5.20. The fourth-order valence-electron chi connectivity index (χ4n) is 2.49. The topological polar surface area (TPSA) is 9.23 Å². The number of rotatable bonds is 6. The summed E-state index contributed by atoms with van der Waals surface area (Å²) < 4.78 is 5.20. The molecule has 0 bridgehead atoms. The van der Waals surface area contributed by atoms with Gasteiger partial charge in [0.2, 0.25) is 0 Å². The van der Waals surface area contributed by atoms with Crippen molar-refractivity contribution in [3.63, 3.8) is 0 Å². The first-order chi connectivity index (χ1) is 8.13. The van der Waals surface area contributed by atoms with Crippen LogP contribution in [0.25, 0.3) is 5.20 Å². The Morgan fingerprint density at radius 1 is 1.06 bits per heavy atom. The first-order valence-corrected chi connectivity index (χ1v) is 9.09. The summed E-state index contributed by atoms with van der Waals surface area (Å²) in [7, 11) is 0.377. The minimum Gasteiger partial charge on any atom is -0.497 e. The summed E-state index contributed by atoms with van der Waals surface area (Å²) in [5.41, 5.74) is 1.29. The Morgan fingerprint density at radius 2 is 1.53 bits per heavy atom. The molecule has 0 aliphatic rings. The summed E-state index contributed by atoms with van der Waals surface area (Å²) >= 11 is 0.